The number of para-hydroxylation sites is 1. The lowest BCUT2D eigenvalue weighted by Gasteiger charge is -2.24. The number of methoxy groups -OCH3 is 1. The monoisotopic (exact) mass is 268 g/mol. The summed E-state index contributed by atoms with van der Waals surface area (Å²) < 4.78 is 5.47. The van der Waals surface area contributed by atoms with E-state index in [-0.39, 0.29) is 6.04 Å². The fourth-order valence-corrected chi connectivity index (χ4v) is 3.23. The first-order valence-electron chi connectivity index (χ1n) is 6.99. The Kier molecular flexibility index (Phi) is 3.72. The molecule has 104 valence electrons. The summed E-state index contributed by atoms with van der Waals surface area (Å²) in [7, 11) is 1.70. The number of rotatable bonds is 4. The highest BCUT2D eigenvalue weighted by Gasteiger charge is 2.30. The lowest BCUT2D eigenvalue weighted by atomic mass is 9.90. The maximum atomic E-state index is 5.84. The summed E-state index contributed by atoms with van der Waals surface area (Å²) >= 11 is 0. The number of fused-ring (bicyclic) bond motifs is 1. The Bertz CT molecular complexity index is 572. The van der Waals surface area contributed by atoms with Gasteiger partial charge in [-0.25, -0.2) is 0 Å². The molecule has 3 heteroatoms. The number of nitrogens with two attached hydrogens (primary N) is 1. The molecule has 0 aliphatic heterocycles. The first kappa shape index (κ1) is 13.2. The molecular formula is C17H20N2O. The Labute approximate surface area is 119 Å². The van der Waals surface area contributed by atoms with Gasteiger partial charge in [0.05, 0.1) is 13.2 Å². The molecule has 2 aromatic carbocycles. The number of ether oxygens (including phenoxy) is 1. The zero-order chi connectivity index (χ0) is 13.9. The van der Waals surface area contributed by atoms with Gasteiger partial charge in [0.15, 0.2) is 0 Å². The molecule has 0 saturated heterocycles. The average Bonchev–Trinajstić information content (AvgIpc) is 2.92. The number of nitrogens with one attached hydrogen (secondary N) is 1. The fraction of sp³-hybridized carbons (Fsp3) is 0.294. The van der Waals surface area contributed by atoms with Crippen LogP contribution in [-0.2, 0) is 12.8 Å². The highest BCUT2D eigenvalue weighted by atomic mass is 16.5. The molecule has 3 rings (SSSR count). The molecule has 0 heterocycles. The third-order valence-electron chi connectivity index (χ3n) is 4.21. The highest BCUT2D eigenvalue weighted by Crippen LogP contribution is 2.37. The topological polar surface area (TPSA) is 47.3 Å². The van der Waals surface area contributed by atoms with Gasteiger partial charge >= 0.3 is 0 Å². The van der Waals surface area contributed by atoms with Crippen LogP contribution in [-0.4, -0.2) is 7.11 Å². The third kappa shape index (κ3) is 2.30. The summed E-state index contributed by atoms with van der Waals surface area (Å²) in [6.07, 6.45) is 2.12. The van der Waals surface area contributed by atoms with E-state index < -0.39 is 0 Å². The van der Waals surface area contributed by atoms with Gasteiger partial charge in [0.1, 0.15) is 5.75 Å². The molecule has 0 aromatic heterocycles. The van der Waals surface area contributed by atoms with E-state index in [1.807, 2.05) is 18.2 Å². The molecule has 1 unspecified atom stereocenters. The van der Waals surface area contributed by atoms with Crippen molar-refractivity contribution in [3.63, 3.8) is 0 Å². The van der Waals surface area contributed by atoms with Crippen LogP contribution in [0, 0.1) is 5.92 Å². The summed E-state index contributed by atoms with van der Waals surface area (Å²) in [5.41, 5.74) is 7.00. The van der Waals surface area contributed by atoms with Crippen LogP contribution in [0.2, 0.25) is 0 Å². The largest absolute Gasteiger partial charge is 0.496 e. The standard InChI is InChI=1S/C17H20N2O/c1-20-16-9-5-4-8-15(16)17(19-18)14-10-12-6-2-3-7-13(12)11-14/h2-9,14,17,19H,10-11,18H2,1H3. The normalized spacial score (nSPS) is 15.9. The average molecular weight is 268 g/mol. The Balaban J connectivity index is 1.89. The molecule has 3 nitrogen and oxygen atoms in total. The van der Waals surface area contributed by atoms with E-state index in [1.54, 1.807) is 7.11 Å². The van der Waals surface area contributed by atoms with Gasteiger partial charge in [0.2, 0.25) is 0 Å². The summed E-state index contributed by atoms with van der Waals surface area (Å²) in [5, 5.41) is 0. The zero-order valence-corrected chi connectivity index (χ0v) is 11.7. The molecule has 1 aliphatic carbocycles. The van der Waals surface area contributed by atoms with Crippen LogP contribution in [0.5, 0.6) is 5.75 Å². The van der Waals surface area contributed by atoms with Crippen molar-refractivity contribution in [1.29, 1.82) is 0 Å². The summed E-state index contributed by atoms with van der Waals surface area (Å²) in [5.74, 6) is 7.20. The second kappa shape index (κ2) is 5.65. The molecule has 20 heavy (non-hydrogen) atoms. The van der Waals surface area contributed by atoms with Gasteiger partial charge in [0.25, 0.3) is 0 Å². The van der Waals surface area contributed by atoms with Gasteiger partial charge in [-0.15, -0.1) is 0 Å². The molecule has 0 spiro atoms. The number of hydrazine groups is 1. The minimum atomic E-state index is 0.110. The minimum absolute atomic E-state index is 0.110. The van der Waals surface area contributed by atoms with Crippen molar-refractivity contribution in [2.45, 2.75) is 18.9 Å². The quantitative estimate of drug-likeness (QED) is 0.662. The van der Waals surface area contributed by atoms with E-state index in [0.29, 0.717) is 5.92 Å². The molecule has 0 amide bonds. The van der Waals surface area contributed by atoms with Crippen molar-refractivity contribution in [3.05, 3.63) is 65.2 Å². The van der Waals surface area contributed by atoms with Crippen molar-refractivity contribution in [2.24, 2.45) is 11.8 Å². The first-order chi connectivity index (χ1) is 9.83. The second-order valence-corrected chi connectivity index (χ2v) is 5.32. The van der Waals surface area contributed by atoms with Crippen LogP contribution in [0.25, 0.3) is 0 Å². The lowest BCUT2D eigenvalue weighted by molar-refractivity contribution is 0.352. The van der Waals surface area contributed by atoms with Crippen LogP contribution in [0.3, 0.4) is 0 Å². The molecule has 0 fully saturated rings. The Morgan fingerprint density at radius 1 is 1.05 bits per heavy atom. The van der Waals surface area contributed by atoms with Crippen molar-refractivity contribution in [3.8, 4) is 5.75 Å². The van der Waals surface area contributed by atoms with E-state index in [9.17, 15) is 0 Å². The molecule has 3 N–H and O–H groups in total. The van der Waals surface area contributed by atoms with Crippen LogP contribution >= 0.6 is 0 Å². The molecular weight excluding hydrogens is 248 g/mol. The molecule has 0 saturated carbocycles. The van der Waals surface area contributed by atoms with Crippen LogP contribution in [0.4, 0.5) is 0 Å². The Morgan fingerprint density at radius 3 is 2.25 bits per heavy atom. The van der Waals surface area contributed by atoms with E-state index in [1.165, 1.54) is 11.1 Å². The van der Waals surface area contributed by atoms with Crippen LogP contribution < -0.4 is 16.0 Å². The van der Waals surface area contributed by atoms with Crippen LogP contribution in [0.15, 0.2) is 48.5 Å². The van der Waals surface area contributed by atoms with Gasteiger partial charge in [-0.1, -0.05) is 42.5 Å². The van der Waals surface area contributed by atoms with Crippen molar-refractivity contribution in [1.82, 2.24) is 5.43 Å². The molecule has 0 radical (unpaired) electrons. The molecule has 0 bridgehead atoms. The van der Waals surface area contributed by atoms with Gasteiger partial charge in [-0.05, 0) is 36.0 Å². The zero-order valence-electron chi connectivity index (χ0n) is 11.7. The van der Waals surface area contributed by atoms with E-state index in [4.69, 9.17) is 10.6 Å². The number of hydrogen-bond donors (Lipinski definition) is 2. The predicted molar refractivity (Wildman–Crippen MR) is 80.4 cm³/mol. The third-order valence-corrected chi connectivity index (χ3v) is 4.21. The van der Waals surface area contributed by atoms with Crippen LogP contribution in [0.1, 0.15) is 22.7 Å². The minimum Gasteiger partial charge on any atom is -0.496 e. The summed E-state index contributed by atoms with van der Waals surface area (Å²) in [6.45, 7) is 0. The van der Waals surface area contributed by atoms with Crippen molar-refractivity contribution < 1.29 is 4.74 Å². The van der Waals surface area contributed by atoms with E-state index in [0.717, 1.165) is 24.2 Å². The van der Waals surface area contributed by atoms with E-state index >= 15 is 0 Å². The highest BCUT2D eigenvalue weighted by molar-refractivity contribution is 5.39. The predicted octanol–water partition coefficient (Wildman–Crippen LogP) is 2.61. The number of benzene rings is 2. The Morgan fingerprint density at radius 2 is 1.65 bits per heavy atom. The van der Waals surface area contributed by atoms with Gasteiger partial charge in [-0.2, -0.15) is 0 Å². The smallest absolute Gasteiger partial charge is 0.123 e. The maximum Gasteiger partial charge on any atom is 0.123 e. The fourth-order valence-electron chi connectivity index (χ4n) is 3.23. The molecule has 1 atom stereocenters. The first-order valence-corrected chi connectivity index (χ1v) is 6.99. The molecule has 2 aromatic rings. The SMILES string of the molecule is COc1ccccc1C(NN)C1Cc2ccccc2C1. The van der Waals surface area contributed by atoms with Gasteiger partial charge in [0, 0.05) is 5.56 Å². The van der Waals surface area contributed by atoms with Crippen molar-refractivity contribution >= 4 is 0 Å². The lowest BCUT2D eigenvalue weighted by Crippen LogP contribution is -2.34. The second-order valence-electron chi connectivity index (χ2n) is 5.32. The number of hydrogen-bond acceptors (Lipinski definition) is 3. The summed E-state index contributed by atoms with van der Waals surface area (Å²) in [6, 6.07) is 16.8. The molecule has 1 aliphatic rings. The Hall–Kier alpha value is -1.84. The van der Waals surface area contributed by atoms with E-state index in [2.05, 4.69) is 35.8 Å². The van der Waals surface area contributed by atoms with Gasteiger partial charge < -0.3 is 4.74 Å². The maximum absolute atomic E-state index is 5.84. The summed E-state index contributed by atoms with van der Waals surface area (Å²) in [4.78, 5) is 0. The van der Waals surface area contributed by atoms with Crippen molar-refractivity contribution in [2.75, 3.05) is 7.11 Å². The van der Waals surface area contributed by atoms with Gasteiger partial charge in [-0.3, -0.25) is 11.3 Å².